The Morgan fingerprint density at radius 3 is 2.83 bits per heavy atom. The van der Waals surface area contributed by atoms with Gasteiger partial charge in [-0.25, -0.2) is 13.9 Å². The van der Waals surface area contributed by atoms with Gasteiger partial charge >= 0.3 is 5.97 Å². The van der Waals surface area contributed by atoms with E-state index >= 15 is 0 Å². The highest BCUT2D eigenvalue weighted by Crippen LogP contribution is 2.12. The Kier molecular flexibility index (Phi) is 3.18. The molecule has 1 N–H and O–H groups in total. The Morgan fingerprint density at radius 1 is 1.39 bits per heavy atom. The lowest BCUT2D eigenvalue weighted by Crippen LogP contribution is -2.22. The highest BCUT2D eigenvalue weighted by molar-refractivity contribution is 5.89. The largest absolute Gasteiger partial charge is 0.478 e. The second-order valence-corrected chi connectivity index (χ2v) is 3.63. The molecule has 0 saturated heterocycles. The van der Waals surface area contributed by atoms with Crippen molar-refractivity contribution in [3.63, 3.8) is 0 Å². The monoisotopic (exact) mass is 248 g/mol. The van der Waals surface area contributed by atoms with Crippen LogP contribution in [0, 0.1) is 5.82 Å². The van der Waals surface area contributed by atoms with Crippen molar-refractivity contribution in [3.05, 3.63) is 63.8 Å². The number of nitrogens with zero attached hydrogens (tertiary/aromatic N) is 2. The molecule has 0 aliphatic heterocycles. The van der Waals surface area contributed by atoms with Gasteiger partial charge in [0.15, 0.2) is 0 Å². The van der Waals surface area contributed by atoms with Crippen LogP contribution in [0.2, 0.25) is 0 Å². The Bertz CT molecular complexity index is 652. The van der Waals surface area contributed by atoms with Gasteiger partial charge in [-0.3, -0.25) is 4.79 Å². The summed E-state index contributed by atoms with van der Waals surface area (Å²) < 4.78 is 14.2. The lowest BCUT2D eigenvalue weighted by Gasteiger charge is -2.07. The van der Waals surface area contributed by atoms with E-state index in [0.717, 1.165) is 16.8 Å². The van der Waals surface area contributed by atoms with Gasteiger partial charge in [0.25, 0.3) is 5.56 Å². The van der Waals surface area contributed by atoms with Crippen LogP contribution in [0.1, 0.15) is 15.9 Å². The smallest absolute Gasteiger partial charge is 0.336 e. The summed E-state index contributed by atoms with van der Waals surface area (Å²) in [5, 5.41) is 12.8. The number of halogens is 1. The van der Waals surface area contributed by atoms with Gasteiger partial charge in [-0.1, -0.05) is 0 Å². The molecule has 1 aromatic heterocycles. The molecule has 0 aliphatic rings. The van der Waals surface area contributed by atoms with Crippen LogP contribution in [0.25, 0.3) is 0 Å². The van der Waals surface area contributed by atoms with Crippen molar-refractivity contribution in [1.29, 1.82) is 0 Å². The van der Waals surface area contributed by atoms with E-state index in [-0.39, 0.29) is 23.2 Å². The van der Waals surface area contributed by atoms with Crippen molar-refractivity contribution in [2.75, 3.05) is 0 Å². The summed E-state index contributed by atoms with van der Waals surface area (Å²) in [6.45, 7) is -0.0843. The summed E-state index contributed by atoms with van der Waals surface area (Å²) in [5.74, 6) is -1.73. The first-order valence-electron chi connectivity index (χ1n) is 5.12. The van der Waals surface area contributed by atoms with Gasteiger partial charge in [0.2, 0.25) is 0 Å². The minimum absolute atomic E-state index is 0.0473. The van der Waals surface area contributed by atoms with Crippen LogP contribution in [0.5, 0.6) is 0 Å². The van der Waals surface area contributed by atoms with E-state index in [4.69, 9.17) is 5.11 Å². The molecule has 0 fully saturated rings. The van der Waals surface area contributed by atoms with Gasteiger partial charge in [-0.05, 0) is 29.8 Å². The van der Waals surface area contributed by atoms with Crippen LogP contribution >= 0.6 is 0 Å². The van der Waals surface area contributed by atoms with Crippen molar-refractivity contribution in [1.82, 2.24) is 9.78 Å². The van der Waals surface area contributed by atoms with Crippen molar-refractivity contribution >= 4 is 5.97 Å². The maximum Gasteiger partial charge on any atom is 0.336 e. The predicted molar refractivity (Wildman–Crippen MR) is 61.0 cm³/mol. The molecule has 18 heavy (non-hydrogen) atoms. The van der Waals surface area contributed by atoms with Gasteiger partial charge in [0.1, 0.15) is 5.82 Å². The molecule has 0 atom stereocenters. The molecule has 0 radical (unpaired) electrons. The third kappa shape index (κ3) is 2.42. The molecule has 0 bridgehead atoms. The number of rotatable bonds is 3. The summed E-state index contributed by atoms with van der Waals surface area (Å²) in [7, 11) is 0. The maximum atomic E-state index is 13.1. The number of aromatic carboxylic acids is 1. The average Bonchev–Trinajstić information content (AvgIpc) is 2.32. The van der Waals surface area contributed by atoms with E-state index in [1.807, 2.05) is 0 Å². The molecule has 5 nitrogen and oxygen atoms in total. The van der Waals surface area contributed by atoms with Gasteiger partial charge < -0.3 is 5.11 Å². The second-order valence-electron chi connectivity index (χ2n) is 3.63. The predicted octanol–water partition coefficient (Wildman–Crippen LogP) is 1.13. The number of aromatic nitrogens is 2. The third-order valence-corrected chi connectivity index (χ3v) is 2.40. The highest BCUT2D eigenvalue weighted by atomic mass is 19.1. The molecule has 0 saturated carbocycles. The molecule has 1 heterocycles. The second kappa shape index (κ2) is 4.79. The first-order chi connectivity index (χ1) is 8.58. The van der Waals surface area contributed by atoms with Crippen molar-refractivity contribution in [2.24, 2.45) is 0 Å². The van der Waals surface area contributed by atoms with E-state index in [1.54, 1.807) is 0 Å². The summed E-state index contributed by atoms with van der Waals surface area (Å²) in [6, 6.07) is 6.09. The number of hydrogen-bond acceptors (Lipinski definition) is 3. The molecular formula is C12H9FN2O3. The zero-order valence-corrected chi connectivity index (χ0v) is 9.21. The quantitative estimate of drug-likeness (QED) is 0.883. The third-order valence-electron chi connectivity index (χ3n) is 2.40. The minimum Gasteiger partial charge on any atom is -0.478 e. The zero-order valence-electron chi connectivity index (χ0n) is 9.21. The van der Waals surface area contributed by atoms with Gasteiger partial charge in [0.05, 0.1) is 12.1 Å². The number of carbonyl (C=O) groups is 1. The van der Waals surface area contributed by atoms with E-state index < -0.39 is 11.8 Å². The van der Waals surface area contributed by atoms with Crippen LogP contribution < -0.4 is 5.56 Å². The minimum atomic E-state index is -1.17. The Morgan fingerprint density at radius 2 is 2.17 bits per heavy atom. The molecule has 6 heteroatoms. The van der Waals surface area contributed by atoms with E-state index in [1.165, 1.54) is 24.4 Å². The molecule has 92 valence electrons. The Balaban J connectivity index is 2.46. The van der Waals surface area contributed by atoms with Crippen molar-refractivity contribution in [3.8, 4) is 0 Å². The lowest BCUT2D eigenvalue weighted by atomic mass is 10.1. The molecule has 0 unspecified atom stereocenters. The molecule has 0 aliphatic carbocycles. The van der Waals surface area contributed by atoms with E-state index in [2.05, 4.69) is 5.10 Å². The molecule has 0 spiro atoms. The van der Waals surface area contributed by atoms with Gasteiger partial charge in [-0.2, -0.15) is 5.10 Å². The number of carboxylic acids is 1. The summed E-state index contributed by atoms with van der Waals surface area (Å²) in [6.07, 6.45) is 1.40. The number of carboxylic acid groups (broad SMARTS) is 1. The highest BCUT2D eigenvalue weighted by Gasteiger charge is 2.12. The SMILES string of the molecule is O=C(O)c1ccc(F)cc1Cn1ncccc1=O. The van der Waals surface area contributed by atoms with Crippen LogP contribution in [0.4, 0.5) is 4.39 Å². The topological polar surface area (TPSA) is 72.2 Å². The Hall–Kier alpha value is -2.50. The van der Waals surface area contributed by atoms with E-state index in [9.17, 15) is 14.0 Å². The summed E-state index contributed by atoms with van der Waals surface area (Å²) in [4.78, 5) is 22.4. The molecule has 2 rings (SSSR count). The fraction of sp³-hybridized carbons (Fsp3) is 0.0833. The summed E-state index contributed by atoms with van der Waals surface area (Å²) in [5.41, 5.74) is -0.227. The van der Waals surface area contributed by atoms with Crippen LogP contribution in [0.3, 0.4) is 0 Å². The van der Waals surface area contributed by atoms with E-state index in [0.29, 0.717) is 0 Å². The molecule has 0 amide bonds. The first-order valence-corrected chi connectivity index (χ1v) is 5.12. The van der Waals surface area contributed by atoms with Crippen LogP contribution in [-0.2, 0) is 6.54 Å². The standard InChI is InChI=1S/C12H9FN2O3/c13-9-3-4-10(12(17)18)8(6-9)7-15-11(16)2-1-5-14-15/h1-6H,7H2,(H,17,18). The van der Waals surface area contributed by atoms with Crippen LogP contribution in [0.15, 0.2) is 41.3 Å². The zero-order chi connectivity index (χ0) is 13.1. The number of benzene rings is 1. The fourth-order valence-corrected chi connectivity index (χ4v) is 1.57. The van der Waals surface area contributed by atoms with Gasteiger partial charge in [-0.15, -0.1) is 0 Å². The number of hydrogen-bond donors (Lipinski definition) is 1. The first kappa shape index (κ1) is 12.0. The van der Waals surface area contributed by atoms with Crippen LogP contribution in [-0.4, -0.2) is 20.9 Å². The Labute approximate surface area is 101 Å². The maximum absolute atomic E-state index is 13.1. The van der Waals surface area contributed by atoms with Gasteiger partial charge in [0, 0.05) is 12.3 Å². The fourth-order valence-electron chi connectivity index (χ4n) is 1.57. The summed E-state index contributed by atoms with van der Waals surface area (Å²) >= 11 is 0. The lowest BCUT2D eigenvalue weighted by molar-refractivity contribution is 0.0695. The van der Waals surface area contributed by atoms with Crippen molar-refractivity contribution < 1.29 is 14.3 Å². The average molecular weight is 248 g/mol. The van der Waals surface area contributed by atoms with Crippen molar-refractivity contribution in [2.45, 2.75) is 6.54 Å². The molecular weight excluding hydrogens is 239 g/mol. The molecule has 1 aromatic carbocycles. The molecule has 2 aromatic rings. The normalized spacial score (nSPS) is 10.3.